The van der Waals surface area contributed by atoms with E-state index in [9.17, 15) is 4.79 Å². The maximum atomic E-state index is 13.5. The van der Waals surface area contributed by atoms with E-state index in [1.165, 1.54) is 5.56 Å². The molecule has 3 heterocycles. The highest BCUT2D eigenvalue weighted by Crippen LogP contribution is 2.28. The number of amides is 1. The number of pyridine rings is 1. The normalized spacial score (nSPS) is 14.3. The van der Waals surface area contributed by atoms with Gasteiger partial charge in [-0.3, -0.25) is 9.20 Å². The van der Waals surface area contributed by atoms with Crippen LogP contribution in [0.15, 0.2) is 48.7 Å². The van der Waals surface area contributed by atoms with Crippen molar-refractivity contribution >= 4 is 11.6 Å². The number of aryl methyl sites for hydroxylation is 1. The van der Waals surface area contributed by atoms with Crippen molar-refractivity contribution in [1.82, 2.24) is 29.7 Å². The lowest BCUT2D eigenvalue weighted by Crippen LogP contribution is -2.31. The molecule has 4 aromatic rings. The molecule has 1 atom stereocenters. The molecule has 0 fully saturated rings. The second kappa shape index (κ2) is 8.57. The maximum Gasteiger partial charge on any atom is 0.272 e. The molecule has 7 nitrogen and oxygen atoms in total. The standard InChI is InChI=1S/C25H28N6O/c1-3-8-20(24-28-27-22-11-6-7-16-30(22)24)26-25(32)23-19-9-4-5-10-21(19)31(29-23)18-14-12-17(2)13-15-18/h6-7,11-16,20H,3-5,8-10H2,1-2H3,(H,26,32). The van der Waals surface area contributed by atoms with Gasteiger partial charge in [0.2, 0.25) is 0 Å². The van der Waals surface area contributed by atoms with E-state index in [1.807, 2.05) is 33.5 Å². The van der Waals surface area contributed by atoms with Gasteiger partial charge in [-0.05, 0) is 63.3 Å². The molecule has 5 rings (SSSR count). The van der Waals surface area contributed by atoms with Crippen LogP contribution < -0.4 is 5.32 Å². The summed E-state index contributed by atoms with van der Waals surface area (Å²) < 4.78 is 3.91. The number of aromatic nitrogens is 5. The molecule has 1 unspecified atom stereocenters. The van der Waals surface area contributed by atoms with Crippen LogP contribution in [0.5, 0.6) is 0 Å². The van der Waals surface area contributed by atoms with Crippen LogP contribution in [0, 0.1) is 6.92 Å². The van der Waals surface area contributed by atoms with Crippen molar-refractivity contribution in [3.63, 3.8) is 0 Å². The highest BCUT2D eigenvalue weighted by molar-refractivity contribution is 5.94. The molecule has 32 heavy (non-hydrogen) atoms. The van der Waals surface area contributed by atoms with Gasteiger partial charge in [0.25, 0.3) is 5.91 Å². The second-order valence-electron chi connectivity index (χ2n) is 8.53. The van der Waals surface area contributed by atoms with Crippen LogP contribution in [-0.4, -0.2) is 30.3 Å². The fourth-order valence-corrected chi connectivity index (χ4v) is 4.56. The number of carbonyl (C=O) groups is 1. The fraction of sp³-hybridized carbons (Fsp3) is 0.360. The number of hydrogen-bond donors (Lipinski definition) is 1. The van der Waals surface area contributed by atoms with Crippen molar-refractivity contribution in [2.24, 2.45) is 0 Å². The highest BCUT2D eigenvalue weighted by atomic mass is 16.2. The third-order valence-corrected chi connectivity index (χ3v) is 6.21. The summed E-state index contributed by atoms with van der Waals surface area (Å²) in [6.07, 6.45) is 7.67. The number of rotatable bonds is 6. The van der Waals surface area contributed by atoms with Crippen LogP contribution in [0.3, 0.4) is 0 Å². The van der Waals surface area contributed by atoms with E-state index < -0.39 is 0 Å². The van der Waals surface area contributed by atoms with E-state index in [2.05, 4.69) is 53.6 Å². The minimum Gasteiger partial charge on any atom is -0.341 e. The lowest BCUT2D eigenvalue weighted by Gasteiger charge is -2.17. The Balaban J connectivity index is 1.50. The Morgan fingerprint density at radius 1 is 1.09 bits per heavy atom. The summed E-state index contributed by atoms with van der Waals surface area (Å²) in [5.74, 6) is 0.614. The maximum absolute atomic E-state index is 13.5. The van der Waals surface area contributed by atoms with Gasteiger partial charge in [-0.25, -0.2) is 4.68 Å². The fourth-order valence-electron chi connectivity index (χ4n) is 4.56. The van der Waals surface area contributed by atoms with Crippen LogP contribution in [0.25, 0.3) is 11.3 Å². The first-order valence-electron chi connectivity index (χ1n) is 11.4. The van der Waals surface area contributed by atoms with Crippen molar-refractivity contribution in [1.29, 1.82) is 0 Å². The molecule has 0 aliphatic heterocycles. The molecule has 0 saturated heterocycles. The Hall–Kier alpha value is -3.48. The first kappa shape index (κ1) is 20.4. The van der Waals surface area contributed by atoms with Crippen LogP contribution in [0.4, 0.5) is 0 Å². The van der Waals surface area contributed by atoms with Crippen molar-refractivity contribution in [3.05, 3.63) is 77.0 Å². The van der Waals surface area contributed by atoms with Gasteiger partial charge < -0.3 is 5.32 Å². The monoisotopic (exact) mass is 428 g/mol. The summed E-state index contributed by atoms with van der Waals surface area (Å²) in [6.45, 7) is 4.18. The molecule has 0 saturated carbocycles. The van der Waals surface area contributed by atoms with E-state index in [-0.39, 0.29) is 11.9 Å². The second-order valence-corrected chi connectivity index (χ2v) is 8.53. The van der Waals surface area contributed by atoms with Crippen molar-refractivity contribution in [2.75, 3.05) is 0 Å². The Morgan fingerprint density at radius 2 is 1.91 bits per heavy atom. The van der Waals surface area contributed by atoms with Gasteiger partial charge in [0.15, 0.2) is 17.2 Å². The topological polar surface area (TPSA) is 77.1 Å². The first-order valence-corrected chi connectivity index (χ1v) is 11.4. The van der Waals surface area contributed by atoms with Gasteiger partial charge in [-0.2, -0.15) is 5.10 Å². The molecular formula is C25H28N6O. The summed E-state index contributed by atoms with van der Waals surface area (Å²) in [5, 5.41) is 16.7. The molecule has 0 bridgehead atoms. The zero-order valence-corrected chi connectivity index (χ0v) is 18.6. The summed E-state index contributed by atoms with van der Waals surface area (Å²) in [5.41, 5.74) is 5.76. The smallest absolute Gasteiger partial charge is 0.272 e. The number of nitrogens with zero attached hydrogens (tertiary/aromatic N) is 5. The van der Waals surface area contributed by atoms with E-state index in [0.29, 0.717) is 5.69 Å². The summed E-state index contributed by atoms with van der Waals surface area (Å²) >= 11 is 0. The van der Waals surface area contributed by atoms with Crippen molar-refractivity contribution < 1.29 is 4.79 Å². The van der Waals surface area contributed by atoms with E-state index >= 15 is 0 Å². The van der Waals surface area contributed by atoms with Gasteiger partial charge in [0.1, 0.15) is 0 Å². The summed E-state index contributed by atoms with van der Waals surface area (Å²) in [4.78, 5) is 13.5. The zero-order valence-electron chi connectivity index (χ0n) is 18.6. The Labute approximate surface area is 187 Å². The molecule has 1 aromatic carbocycles. The molecule has 1 amide bonds. The van der Waals surface area contributed by atoms with E-state index in [1.54, 1.807) is 0 Å². The molecule has 3 aromatic heterocycles. The predicted octanol–water partition coefficient (Wildman–Crippen LogP) is 4.37. The van der Waals surface area contributed by atoms with Gasteiger partial charge in [0.05, 0.1) is 11.7 Å². The third kappa shape index (κ3) is 3.68. The van der Waals surface area contributed by atoms with Crippen LogP contribution in [0.2, 0.25) is 0 Å². The number of hydrogen-bond acceptors (Lipinski definition) is 4. The quantitative estimate of drug-likeness (QED) is 0.495. The van der Waals surface area contributed by atoms with Crippen LogP contribution >= 0.6 is 0 Å². The lowest BCUT2D eigenvalue weighted by molar-refractivity contribution is 0.0925. The molecule has 0 spiro atoms. The Morgan fingerprint density at radius 3 is 2.72 bits per heavy atom. The predicted molar refractivity (Wildman–Crippen MR) is 123 cm³/mol. The minimum absolute atomic E-state index is 0.139. The van der Waals surface area contributed by atoms with Gasteiger partial charge in [0, 0.05) is 17.5 Å². The average molecular weight is 429 g/mol. The van der Waals surface area contributed by atoms with Gasteiger partial charge >= 0.3 is 0 Å². The molecular weight excluding hydrogens is 400 g/mol. The SMILES string of the molecule is CCCC(NC(=O)c1nn(-c2ccc(C)cc2)c2c1CCCC2)c1nnc2ccccn12. The van der Waals surface area contributed by atoms with Crippen LogP contribution in [0.1, 0.15) is 71.8 Å². The minimum atomic E-state index is -0.228. The van der Waals surface area contributed by atoms with Crippen molar-refractivity contribution in [3.8, 4) is 5.69 Å². The first-order chi connectivity index (χ1) is 15.7. The Bertz CT molecular complexity index is 1250. The number of nitrogens with one attached hydrogen (secondary N) is 1. The van der Waals surface area contributed by atoms with Gasteiger partial charge in [-0.15, -0.1) is 10.2 Å². The lowest BCUT2D eigenvalue weighted by atomic mass is 9.95. The van der Waals surface area contributed by atoms with Gasteiger partial charge in [-0.1, -0.05) is 37.1 Å². The molecule has 7 heteroatoms. The zero-order chi connectivity index (χ0) is 22.1. The highest BCUT2D eigenvalue weighted by Gasteiger charge is 2.28. The molecule has 164 valence electrons. The van der Waals surface area contributed by atoms with Crippen LogP contribution in [-0.2, 0) is 12.8 Å². The van der Waals surface area contributed by atoms with E-state index in [4.69, 9.17) is 5.10 Å². The summed E-state index contributed by atoms with van der Waals surface area (Å²) in [6, 6.07) is 13.9. The molecule has 0 radical (unpaired) electrons. The van der Waals surface area contributed by atoms with E-state index in [0.717, 1.165) is 66.9 Å². The molecule has 1 aliphatic carbocycles. The number of fused-ring (bicyclic) bond motifs is 2. The largest absolute Gasteiger partial charge is 0.341 e. The average Bonchev–Trinajstić information content (AvgIpc) is 3.41. The number of benzene rings is 1. The Kier molecular flexibility index (Phi) is 5.47. The van der Waals surface area contributed by atoms with Crippen molar-refractivity contribution in [2.45, 2.75) is 58.4 Å². The third-order valence-electron chi connectivity index (χ3n) is 6.21. The molecule has 1 N–H and O–H groups in total. The molecule has 1 aliphatic rings. The summed E-state index contributed by atoms with van der Waals surface area (Å²) in [7, 11) is 0. The number of carbonyl (C=O) groups excluding carboxylic acids is 1.